The maximum Gasteiger partial charge on any atom is 0.255 e. The first-order valence-electron chi connectivity index (χ1n) is 10.8. The third-order valence-corrected chi connectivity index (χ3v) is 6.28. The predicted molar refractivity (Wildman–Crippen MR) is 119 cm³/mol. The fraction of sp³-hybridized carbons (Fsp3) is 0.478. The summed E-state index contributed by atoms with van der Waals surface area (Å²) < 4.78 is 0. The highest BCUT2D eigenvalue weighted by atomic mass is 35.5. The summed E-state index contributed by atoms with van der Waals surface area (Å²) in [6, 6.07) is 11.5. The van der Waals surface area contributed by atoms with E-state index in [4.69, 9.17) is 11.6 Å². The molecule has 0 spiro atoms. The normalized spacial score (nSPS) is 19.0. The molecule has 0 bridgehead atoms. The second-order valence-electron chi connectivity index (χ2n) is 8.10. The average Bonchev–Trinajstić information content (AvgIpc) is 2.80. The van der Waals surface area contributed by atoms with Crippen LogP contribution in [-0.2, 0) is 0 Å². The fourth-order valence-corrected chi connectivity index (χ4v) is 4.51. The number of benzene rings is 1. The van der Waals surface area contributed by atoms with E-state index in [-0.39, 0.29) is 5.91 Å². The molecular weight excluding hydrogens is 400 g/mol. The van der Waals surface area contributed by atoms with Gasteiger partial charge in [0.1, 0.15) is 5.82 Å². The maximum absolute atomic E-state index is 12.7. The zero-order chi connectivity index (χ0) is 20.9. The maximum atomic E-state index is 12.7. The molecule has 30 heavy (non-hydrogen) atoms. The zero-order valence-electron chi connectivity index (χ0n) is 17.2. The first-order chi connectivity index (χ1) is 14.6. The molecule has 1 aromatic heterocycles. The molecule has 0 radical (unpaired) electrons. The molecule has 1 aromatic carbocycles. The Kier molecular flexibility index (Phi) is 6.87. The minimum absolute atomic E-state index is 0.0235. The van der Waals surface area contributed by atoms with E-state index in [1.165, 1.54) is 6.42 Å². The molecule has 160 valence electrons. The van der Waals surface area contributed by atoms with Gasteiger partial charge in [-0.15, -0.1) is 0 Å². The van der Waals surface area contributed by atoms with Crippen molar-refractivity contribution < 1.29 is 9.90 Å². The van der Waals surface area contributed by atoms with Gasteiger partial charge in [0, 0.05) is 52.0 Å². The van der Waals surface area contributed by atoms with Crippen molar-refractivity contribution in [1.29, 1.82) is 0 Å². The van der Waals surface area contributed by atoms with Gasteiger partial charge in [-0.25, -0.2) is 4.98 Å². The van der Waals surface area contributed by atoms with Gasteiger partial charge in [-0.3, -0.25) is 9.69 Å². The Balaban J connectivity index is 1.33. The van der Waals surface area contributed by atoms with Crippen molar-refractivity contribution in [3.63, 3.8) is 0 Å². The standard InChI is InChI=1S/C23H29ClN4O2/c24-20-15-19(23(30)28-9-5-2-6-10-28)16-25-22(20)27-13-11-26(12-14-27)17-21(29)18-7-3-1-4-8-18/h1,3-4,7-8,15-16,21,29H,2,5-6,9-14,17H2. The van der Waals surface area contributed by atoms with E-state index in [1.54, 1.807) is 12.3 Å². The Morgan fingerprint density at radius 1 is 1.03 bits per heavy atom. The number of amides is 1. The highest BCUT2D eigenvalue weighted by Crippen LogP contribution is 2.26. The number of hydrogen-bond acceptors (Lipinski definition) is 5. The summed E-state index contributed by atoms with van der Waals surface area (Å²) in [6.45, 7) is 5.47. The van der Waals surface area contributed by atoms with Crippen LogP contribution in [0.1, 0.15) is 41.3 Å². The van der Waals surface area contributed by atoms with E-state index in [2.05, 4.69) is 14.8 Å². The Morgan fingerprint density at radius 3 is 2.40 bits per heavy atom. The van der Waals surface area contributed by atoms with E-state index < -0.39 is 6.10 Å². The van der Waals surface area contributed by atoms with Crippen LogP contribution in [-0.4, -0.2) is 71.6 Å². The van der Waals surface area contributed by atoms with Crippen LogP contribution < -0.4 is 4.90 Å². The van der Waals surface area contributed by atoms with Crippen LogP contribution in [0.5, 0.6) is 0 Å². The van der Waals surface area contributed by atoms with Crippen molar-refractivity contribution in [2.75, 3.05) is 50.7 Å². The third kappa shape index (κ3) is 4.94. The lowest BCUT2D eigenvalue weighted by Crippen LogP contribution is -2.48. The van der Waals surface area contributed by atoms with Gasteiger partial charge in [0.15, 0.2) is 0 Å². The molecule has 1 atom stereocenters. The van der Waals surface area contributed by atoms with Crippen molar-refractivity contribution in [2.24, 2.45) is 0 Å². The number of piperidine rings is 1. The number of pyridine rings is 1. The highest BCUT2D eigenvalue weighted by Gasteiger charge is 2.24. The van der Waals surface area contributed by atoms with Crippen LogP contribution in [0.4, 0.5) is 5.82 Å². The SMILES string of the molecule is O=C(c1cnc(N2CCN(CC(O)c3ccccc3)CC2)c(Cl)c1)N1CCCCC1. The van der Waals surface area contributed by atoms with Gasteiger partial charge in [0.25, 0.3) is 5.91 Å². The minimum atomic E-state index is -0.487. The molecule has 3 heterocycles. The van der Waals surface area contributed by atoms with Crippen LogP contribution in [0.15, 0.2) is 42.6 Å². The molecule has 0 saturated carbocycles. The van der Waals surface area contributed by atoms with E-state index in [0.29, 0.717) is 17.1 Å². The van der Waals surface area contributed by atoms with Gasteiger partial charge >= 0.3 is 0 Å². The molecule has 1 N–H and O–H groups in total. The molecule has 7 heteroatoms. The summed E-state index contributed by atoms with van der Waals surface area (Å²) in [4.78, 5) is 23.5. The topological polar surface area (TPSA) is 59.9 Å². The van der Waals surface area contributed by atoms with Gasteiger partial charge < -0.3 is 14.9 Å². The van der Waals surface area contributed by atoms with Crippen molar-refractivity contribution >= 4 is 23.3 Å². The number of piperazine rings is 1. The minimum Gasteiger partial charge on any atom is -0.387 e. The molecule has 1 amide bonds. The predicted octanol–water partition coefficient (Wildman–Crippen LogP) is 3.22. The average molecular weight is 429 g/mol. The summed E-state index contributed by atoms with van der Waals surface area (Å²) in [6.07, 6.45) is 4.49. The number of aliphatic hydroxyl groups excluding tert-OH is 1. The number of carbonyl (C=O) groups excluding carboxylic acids is 1. The molecular formula is C23H29ClN4O2. The van der Waals surface area contributed by atoms with Crippen LogP contribution in [0.25, 0.3) is 0 Å². The second-order valence-corrected chi connectivity index (χ2v) is 8.50. The number of likely N-dealkylation sites (tertiary alicyclic amines) is 1. The summed E-state index contributed by atoms with van der Waals surface area (Å²) in [5, 5.41) is 11.0. The number of hydrogen-bond donors (Lipinski definition) is 1. The Hall–Kier alpha value is -2.15. The molecule has 2 saturated heterocycles. The van der Waals surface area contributed by atoms with Crippen LogP contribution >= 0.6 is 11.6 Å². The fourth-order valence-electron chi connectivity index (χ4n) is 4.23. The summed E-state index contributed by atoms with van der Waals surface area (Å²) >= 11 is 6.52. The van der Waals surface area contributed by atoms with Gasteiger partial charge in [0.05, 0.1) is 16.7 Å². The van der Waals surface area contributed by atoms with E-state index in [1.807, 2.05) is 35.2 Å². The number of anilines is 1. The quantitative estimate of drug-likeness (QED) is 0.792. The first-order valence-corrected chi connectivity index (χ1v) is 11.1. The lowest BCUT2D eigenvalue weighted by molar-refractivity contribution is 0.0724. The van der Waals surface area contributed by atoms with Crippen molar-refractivity contribution in [3.8, 4) is 0 Å². The number of rotatable bonds is 5. The van der Waals surface area contributed by atoms with E-state index in [0.717, 1.165) is 63.5 Å². The van der Waals surface area contributed by atoms with E-state index in [9.17, 15) is 9.90 Å². The van der Waals surface area contributed by atoms with Gasteiger partial charge in [-0.2, -0.15) is 0 Å². The molecule has 1 unspecified atom stereocenters. The van der Waals surface area contributed by atoms with Gasteiger partial charge in [-0.05, 0) is 30.9 Å². The number of nitrogens with zero attached hydrogens (tertiary/aromatic N) is 4. The van der Waals surface area contributed by atoms with Crippen LogP contribution in [0, 0.1) is 0 Å². The zero-order valence-corrected chi connectivity index (χ0v) is 18.0. The van der Waals surface area contributed by atoms with Crippen molar-refractivity contribution in [3.05, 3.63) is 58.7 Å². The monoisotopic (exact) mass is 428 g/mol. The number of halogens is 1. The van der Waals surface area contributed by atoms with Gasteiger partial charge in [0.2, 0.25) is 0 Å². The number of β-amino-alcohol motifs (C(OH)–C–C–N with tert-alkyl or cyclic N) is 1. The molecule has 4 rings (SSSR count). The van der Waals surface area contributed by atoms with Crippen molar-refractivity contribution in [1.82, 2.24) is 14.8 Å². The summed E-state index contributed by atoms with van der Waals surface area (Å²) in [7, 11) is 0. The highest BCUT2D eigenvalue weighted by molar-refractivity contribution is 6.33. The Bertz CT molecular complexity index is 850. The smallest absolute Gasteiger partial charge is 0.255 e. The summed E-state index contributed by atoms with van der Waals surface area (Å²) in [5.41, 5.74) is 1.51. The lowest BCUT2D eigenvalue weighted by atomic mass is 10.1. The first kappa shape index (κ1) is 21.1. The molecule has 2 aliphatic rings. The molecule has 2 aliphatic heterocycles. The molecule has 0 aliphatic carbocycles. The Morgan fingerprint density at radius 2 is 1.73 bits per heavy atom. The van der Waals surface area contributed by atoms with Gasteiger partial charge in [-0.1, -0.05) is 41.9 Å². The van der Waals surface area contributed by atoms with E-state index >= 15 is 0 Å². The summed E-state index contributed by atoms with van der Waals surface area (Å²) in [5.74, 6) is 0.755. The third-order valence-electron chi connectivity index (χ3n) is 6.00. The molecule has 2 fully saturated rings. The van der Waals surface area contributed by atoms with Crippen molar-refractivity contribution in [2.45, 2.75) is 25.4 Å². The number of aliphatic hydroxyl groups is 1. The lowest BCUT2D eigenvalue weighted by Gasteiger charge is -2.36. The number of carbonyl (C=O) groups is 1. The van der Waals surface area contributed by atoms with Crippen LogP contribution in [0.2, 0.25) is 5.02 Å². The van der Waals surface area contributed by atoms with Crippen LogP contribution in [0.3, 0.4) is 0 Å². The largest absolute Gasteiger partial charge is 0.387 e. The molecule has 2 aromatic rings. The Labute approximate surface area is 183 Å². The second kappa shape index (κ2) is 9.77. The molecule has 6 nitrogen and oxygen atoms in total. The number of aromatic nitrogens is 1.